The van der Waals surface area contributed by atoms with Crippen molar-refractivity contribution in [2.45, 2.75) is 13.3 Å². The second kappa shape index (κ2) is 7.72. The highest BCUT2D eigenvalue weighted by atomic mass is 35.5. The van der Waals surface area contributed by atoms with Crippen LogP contribution >= 0.6 is 11.6 Å². The Labute approximate surface area is 160 Å². The second-order valence-corrected chi connectivity index (χ2v) is 6.43. The van der Waals surface area contributed by atoms with E-state index in [9.17, 15) is 14.7 Å². The van der Waals surface area contributed by atoms with Gasteiger partial charge >= 0.3 is 5.97 Å². The van der Waals surface area contributed by atoms with E-state index in [1.165, 1.54) is 11.7 Å². The lowest BCUT2D eigenvalue weighted by molar-refractivity contribution is -0.136. The highest BCUT2D eigenvalue weighted by molar-refractivity contribution is 6.30. The first-order valence-electron chi connectivity index (χ1n) is 8.22. The number of fused-ring (bicyclic) bond motifs is 1. The SMILES string of the molecule is COc1ccc2c(c1)c(CC(=O)O)c(C)n2C(=O)COc1ccc(Cl)cc1. The van der Waals surface area contributed by atoms with Gasteiger partial charge in [0.2, 0.25) is 0 Å². The molecule has 0 atom stereocenters. The van der Waals surface area contributed by atoms with Crippen LogP contribution in [0.4, 0.5) is 0 Å². The lowest BCUT2D eigenvalue weighted by atomic mass is 10.1. The molecule has 0 aliphatic carbocycles. The summed E-state index contributed by atoms with van der Waals surface area (Å²) < 4.78 is 12.3. The van der Waals surface area contributed by atoms with Gasteiger partial charge in [-0.05, 0) is 55.0 Å². The zero-order chi connectivity index (χ0) is 19.6. The maximum Gasteiger partial charge on any atom is 0.307 e. The van der Waals surface area contributed by atoms with Gasteiger partial charge in [-0.1, -0.05) is 11.6 Å². The molecule has 0 radical (unpaired) electrons. The smallest absolute Gasteiger partial charge is 0.307 e. The molecule has 1 aromatic heterocycles. The maximum atomic E-state index is 12.8. The van der Waals surface area contributed by atoms with E-state index in [4.69, 9.17) is 21.1 Å². The van der Waals surface area contributed by atoms with Crippen molar-refractivity contribution in [3.05, 3.63) is 58.7 Å². The number of benzene rings is 2. The first kappa shape index (κ1) is 18.8. The molecule has 1 N–H and O–H groups in total. The molecule has 0 aliphatic rings. The summed E-state index contributed by atoms with van der Waals surface area (Å²) in [5.41, 5.74) is 1.77. The first-order valence-corrected chi connectivity index (χ1v) is 8.59. The van der Waals surface area contributed by atoms with Gasteiger partial charge in [0.25, 0.3) is 5.91 Å². The summed E-state index contributed by atoms with van der Waals surface area (Å²) in [7, 11) is 1.53. The number of rotatable bonds is 6. The number of hydrogen-bond acceptors (Lipinski definition) is 4. The maximum absolute atomic E-state index is 12.8. The van der Waals surface area contributed by atoms with Crippen molar-refractivity contribution in [1.29, 1.82) is 0 Å². The third-order valence-electron chi connectivity index (χ3n) is 4.30. The van der Waals surface area contributed by atoms with Crippen molar-refractivity contribution in [3.63, 3.8) is 0 Å². The van der Waals surface area contributed by atoms with Crippen LogP contribution in [0.5, 0.6) is 11.5 Å². The molecule has 0 fully saturated rings. The minimum Gasteiger partial charge on any atom is -0.497 e. The molecule has 0 saturated heterocycles. The van der Waals surface area contributed by atoms with Gasteiger partial charge in [-0.3, -0.25) is 14.2 Å². The minimum atomic E-state index is -0.968. The molecule has 1 heterocycles. The summed E-state index contributed by atoms with van der Waals surface area (Å²) in [6.45, 7) is 1.54. The Hall–Kier alpha value is -2.99. The van der Waals surface area contributed by atoms with Crippen molar-refractivity contribution < 1.29 is 24.2 Å². The van der Waals surface area contributed by atoms with Gasteiger partial charge in [0.05, 0.1) is 19.0 Å². The molecule has 7 heteroatoms. The summed E-state index contributed by atoms with van der Waals surface area (Å²) in [6.07, 6.45) is -0.187. The molecule has 0 bridgehead atoms. The minimum absolute atomic E-state index is 0.187. The average molecular weight is 388 g/mol. The number of aliphatic carboxylic acids is 1. The third kappa shape index (κ3) is 3.90. The summed E-state index contributed by atoms with van der Waals surface area (Å²) in [4.78, 5) is 24.1. The summed E-state index contributed by atoms with van der Waals surface area (Å²) in [5, 5.41) is 10.5. The predicted octanol–water partition coefficient (Wildman–Crippen LogP) is 3.96. The highest BCUT2D eigenvalue weighted by Crippen LogP contribution is 2.30. The highest BCUT2D eigenvalue weighted by Gasteiger charge is 2.21. The van der Waals surface area contributed by atoms with E-state index < -0.39 is 5.97 Å². The lowest BCUT2D eigenvalue weighted by Gasteiger charge is -2.09. The van der Waals surface area contributed by atoms with E-state index in [0.717, 1.165) is 0 Å². The molecule has 3 rings (SSSR count). The van der Waals surface area contributed by atoms with Gasteiger partial charge in [0, 0.05) is 16.1 Å². The van der Waals surface area contributed by atoms with Crippen LogP contribution in [-0.2, 0) is 11.2 Å². The van der Waals surface area contributed by atoms with Crippen molar-refractivity contribution >= 4 is 34.4 Å². The third-order valence-corrected chi connectivity index (χ3v) is 4.55. The number of carboxylic acids is 1. The van der Waals surface area contributed by atoms with E-state index in [2.05, 4.69) is 0 Å². The Morgan fingerprint density at radius 2 is 1.78 bits per heavy atom. The fraction of sp³-hybridized carbons (Fsp3) is 0.200. The molecule has 0 amide bonds. The van der Waals surface area contributed by atoms with Crippen LogP contribution in [0.3, 0.4) is 0 Å². The van der Waals surface area contributed by atoms with Crippen LogP contribution in [0.25, 0.3) is 10.9 Å². The predicted molar refractivity (Wildman–Crippen MR) is 102 cm³/mol. The molecule has 3 aromatic rings. The topological polar surface area (TPSA) is 77.8 Å². The Morgan fingerprint density at radius 1 is 1.11 bits per heavy atom. The molecular formula is C20H18ClNO5. The van der Waals surface area contributed by atoms with Gasteiger partial charge in [-0.15, -0.1) is 0 Å². The van der Waals surface area contributed by atoms with Gasteiger partial charge < -0.3 is 14.6 Å². The summed E-state index contributed by atoms with van der Waals surface area (Å²) >= 11 is 5.84. The van der Waals surface area contributed by atoms with Gasteiger partial charge in [-0.25, -0.2) is 0 Å². The molecule has 0 saturated carbocycles. The van der Waals surface area contributed by atoms with Crippen molar-refractivity contribution in [3.8, 4) is 11.5 Å². The molecular weight excluding hydrogens is 370 g/mol. The van der Waals surface area contributed by atoms with E-state index in [1.54, 1.807) is 49.4 Å². The van der Waals surface area contributed by atoms with Gasteiger partial charge in [0.15, 0.2) is 6.61 Å². The molecule has 0 spiro atoms. The number of carbonyl (C=O) groups is 2. The zero-order valence-corrected chi connectivity index (χ0v) is 15.6. The fourth-order valence-electron chi connectivity index (χ4n) is 3.03. The first-order chi connectivity index (χ1) is 12.9. The van der Waals surface area contributed by atoms with E-state index in [0.29, 0.717) is 38.7 Å². The number of carboxylic acid groups (broad SMARTS) is 1. The average Bonchev–Trinajstić information content (AvgIpc) is 2.91. The normalized spacial score (nSPS) is 10.8. The molecule has 0 unspecified atom stereocenters. The fourth-order valence-corrected chi connectivity index (χ4v) is 3.15. The van der Waals surface area contributed by atoms with Crippen LogP contribution < -0.4 is 9.47 Å². The van der Waals surface area contributed by atoms with Crippen molar-refractivity contribution in [2.75, 3.05) is 13.7 Å². The van der Waals surface area contributed by atoms with Gasteiger partial charge in [0.1, 0.15) is 11.5 Å². The number of nitrogens with zero attached hydrogens (tertiary/aromatic N) is 1. The number of ether oxygens (including phenoxy) is 2. The Bertz CT molecular complexity index is 1010. The monoisotopic (exact) mass is 387 g/mol. The Morgan fingerprint density at radius 3 is 2.41 bits per heavy atom. The Kier molecular flexibility index (Phi) is 5.37. The van der Waals surface area contributed by atoms with Gasteiger partial charge in [-0.2, -0.15) is 0 Å². The van der Waals surface area contributed by atoms with Crippen molar-refractivity contribution in [1.82, 2.24) is 4.57 Å². The number of halogens is 1. The number of aromatic nitrogens is 1. The van der Waals surface area contributed by atoms with Crippen LogP contribution in [0.2, 0.25) is 5.02 Å². The van der Waals surface area contributed by atoms with Crippen molar-refractivity contribution in [2.24, 2.45) is 0 Å². The number of hydrogen-bond donors (Lipinski definition) is 1. The lowest BCUT2D eigenvalue weighted by Crippen LogP contribution is -2.20. The molecule has 27 heavy (non-hydrogen) atoms. The van der Waals surface area contributed by atoms with Crippen LogP contribution in [-0.4, -0.2) is 35.3 Å². The molecule has 2 aromatic carbocycles. The van der Waals surface area contributed by atoms with E-state index in [1.807, 2.05) is 0 Å². The second-order valence-electron chi connectivity index (χ2n) is 5.99. The van der Waals surface area contributed by atoms with Crippen LogP contribution in [0, 0.1) is 6.92 Å². The quantitative estimate of drug-likeness (QED) is 0.692. The molecule has 140 valence electrons. The summed E-state index contributed by atoms with van der Waals surface area (Å²) in [6, 6.07) is 11.9. The van der Waals surface area contributed by atoms with E-state index >= 15 is 0 Å². The summed E-state index contributed by atoms with van der Waals surface area (Å²) in [5.74, 6) is -0.149. The largest absolute Gasteiger partial charge is 0.497 e. The van der Waals surface area contributed by atoms with E-state index in [-0.39, 0.29) is 18.9 Å². The molecule has 0 aliphatic heterocycles. The molecule has 6 nitrogen and oxygen atoms in total. The van der Waals surface area contributed by atoms with Crippen LogP contribution in [0.1, 0.15) is 16.1 Å². The standard InChI is InChI=1S/C20H18ClNO5/c1-12-16(10-20(24)25)17-9-15(26-2)7-8-18(17)22(12)19(23)11-27-14-5-3-13(21)4-6-14/h3-9H,10-11H2,1-2H3,(H,24,25). The number of methoxy groups -OCH3 is 1. The zero-order valence-electron chi connectivity index (χ0n) is 14.9. The number of carbonyl (C=O) groups excluding carboxylic acids is 1. The Balaban J connectivity index is 1.97. The van der Waals surface area contributed by atoms with Crippen LogP contribution in [0.15, 0.2) is 42.5 Å².